The fraction of sp³-hybridized carbons (Fsp3) is 0.120. The van der Waals surface area contributed by atoms with Crippen LogP contribution in [0.3, 0.4) is 0 Å². The highest BCUT2D eigenvalue weighted by molar-refractivity contribution is 8.26. The zero-order valence-electron chi connectivity index (χ0n) is 19.5. The number of nitrogens with zero attached hydrogens (tertiary/aromatic N) is 1. The monoisotopic (exact) mass is 592 g/mol. The molecule has 1 fully saturated rings. The fourth-order valence-electron chi connectivity index (χ4n) is 3.54. The van der Waals surface area contributed by atoms with Crippen LogP contribution in [0.15, 0.2) is 58.8 Å². The van der Waals surface area contributed by atoms with E-state index in [-0.39, 0.29) is 20.5 Å². The first-order chi connectivity index (χ1) is 18.0. The smallest absolute Gasteiger partial charge is 0.335 e. The van der Waals surface area contributed by atoms with Crippen molar-refractivity contribution in [3.05, 3.63) is 80.9 Å². The number of carboxylic acids is 1. The van der Waals surface area contributed by atoms with E-state index in [2.05, 4.69) is 5.32 Å². The van der Waals surface area contributed by atoms with Gasteiger partial charge in [0.1, 0.15) is 10.4 Å². The van der Waals surface area contributed by atoms with Crippen LogP contribution in [0.25, 0.3) is 17.2 Å². The molecular formula is C25H18F2N2O5S4. The molecule has 1 aliphatic rings. The number of benzene rings is 2. The number of rotatable bonds is 8. The zero-order chi connectivity index (χ0) is 27.6. The lowest BCUT2D eigenvalue weighted by molar-refractivity contribution is -0.129. The SMILES string of the molecule is CS(=O)C[C@@H](C(=O)Nc1ccc(C(=O)O)cc1)N1C(=O)C(=Cc2cc(-c3ccc(F)c(F)c3)cs2)SC1=S. The number of thiophene rings is 1. The quantitative estimate of drug-likeness (QED) is 0.281. The molecule has 2 aromatic carbocycles. The lowest BCUT2D eigenvalue weighted by atomic mass is 10.1. The summed E-state index contributed by atoms with van der Waals surface area (Å²) in [5.74, 6) is -4.36. The number of hydrogen-bond donors (Lipinski definition) is 2. The molecule has 1 aromatic heterocycles. The Morgan fingerprint density at radius 3 is 2.47 bits per heavy atom. The minimum Gasteiger partial charge on any atom is -0.478 e. The van der Waals surface area contributed by atoms with E-state index in [4.69, 9.17) is 17.3 Å². The van der Waals surface area contributed by atoms with Crippen molar-refractivity contribution in [2.75, 3.05) is 17.3 Å². The van der Waals surface area contributed by atoms with Crippen molar-refractivity contribution in [2.24, 2.45) is 0 Å². The number of amides is 2. The standard InChI is InChI=1S/C25H18F2N2O5S4/c1-38(34)12-20(22(30)28-16-5-2-13(3-6-16)24(32)33)29-23(31)21(37-25(29)35)10-17-8-15(11-36-17)14-4-7-18(26)19(27)9-14/h2-11,20H,12H2,1H3,(H,28,30)(H,32,33)/t20-,38?/m0/s1. The number of thioether (sulfide) groups is 1. The Morgan fingerprint density at radius 1 is 1.13 bits per heavy atom. The van der Waals surface area contributed by atoms with Crippen LogP contribution in [0, 0.1) is 11.6 Å². The van der Waals surface area contributed by atoms with E-state index in [0.717, 1.165) is 28.8 Å². The number of carboxylic acid groups (broad SMARTS) is 1. The molecule has 1 aliphatic heterocycles. The first-order valence-corrected chi connectivity index (χ1v) is 14.6. The van der Waals surface area contributed by atoms with Crippen molar-refractivity contribution < 1.29 is 32.5 Å². The van der Waals surface area contributed by atoms with Gasteiger partial charge >= 0.3 is 5.97 Å². The summed E-state index contributed by atoms with van der Waals surface area (Å²) in [5.41, 5.74) is 1.46. The largest absolute Gasteiger partial charge is 0.478 e. The maximum absolute atomic E-state index is 13.6. The average Bonchev–Trinajstić information content (AvgIpc) is 3.43. The molecule has 196 valence electrons. The molecule has 1 unspecified atom stereocenters. The van der Waals surface area contributed by atoms with E-state index >= 15 is 0 Å². The summed E-state index contributed by atoms with van der Waals surface area (Å²) in [4.78, 5) is 39.5. The number of aromatic carboxylic acids is 1. The molecule has 13 heteroatoms. The molecule has 0 aliphatic carbocycles. The summed E-state index contributed by atoms with van der Waals surface area (Å²) < 4.78 is 39.1. The maximum Gasteiger partial charge on any atom is 0.335 e. The molecule has 38 heavy (non-hydrogen) atoms. The van der Waals surface area contributed by atoms with Gasteiger partial charge in [0.25, 0.3) is 5.91 Å². The average molecular weight is 593 g/mol. The van der Waals surface area contributed by atoms with Gasteiger partial charge in [-0.15, -0.1) is 11.3 Å². The van der Waals surface area contributed by atoms with Crippen molar-refractivity contribution in [3.8, 4) is 11.1 Å². The molecular weight excluding hydrogens is 575 g/mol. The second-order valence-corrected chi connectivity index (χ2v) is 12.1. The first-order valence-electron chi connectivity index (χ1n) is 10.8. The van der Waals surface area contributed by atoms with Gasteiger partial charge in [-0.05, 0) is 65.0 Å². The molecule has 7 nitrogen and oxygen atoms in total. The molecule has 0 spiro atoms. The molecule has 3 aromatic rings. The lowest BCUT2D eigenvalue weighted by Crippen LogP contribution is -2.49. The summed E-state index contributed by atoms with van der Waals surface area (Å²) in [6.07, 6.45) is 3.00. The Balaban J connectivity index is 1.55. The van der Waals surface area contributed by atoms with E-state index in [9.17, 15) is 27.4 Å². The van der Waals surface area contributed by atoms with Crippen LogP contribution in [-0.4, -0.2) is 54.4 Å². The first kappa shape index (κ1) is 27.8. The number of halogens is 2. The minimum absolute atomic E-state index is 0.0394. The van der Waals surface area contributed by atoms with E-state index in [1.54, 1.807) is 17.5 Å². The molecule has 0 saturated carbocycles. The highest BCUT2D eigenvalue weighted by atomic mass is 32.2. The second kappa shape index (κ2) is 11.6. The zero-order valence-corrected chi connectivity index (χ0v) is 22.7. The van der Waals surface area contributed by atoms with Gasteiger partial charge in [0.15, 0.2) is 11.6 Å². The summed E-state index contributed by atoms with van der Waals surface area (Å²) in [5, 5.41) is 13.4. The third-order valence-corrected chi connectivity index (χ3v) is 8.37. The van der Waals surface area contributed by atoms with Crippen molar-refractivity contribution in [3.63, 3.8) is 0 Å². The summed E-state index contributed by atoms with van der Waals surface area (Å²) >= 11 is 7.67. The molecule has 0 bridgehead atoms. The summed E-state index contributed by atoms with van der Waals surface area (Å²) in [6.45, 7) is 0. The molecule has 2 heterocycles. The Labute approximate surface area is 232 Å². The van der Waals surface area contributed by atoms with Gasteiger partial charge in [-0.3, -0.25) is 18.7 Å². The van der Waals surface area contributed by atoms with Crippen molar-refractivity contribution in [1.82, 2.24) is 4.90 Å². The van der Waals surface area contributed by atoms with Gasteiger partial charge < -0.3 is 10.4 Å². The predicted octanol–water partition coefficient (Wildman–Crippen LogP) is 4.98. The van der Waals surface area contributed by atoms with Gasteiger partial charge in [-0.1, -0.05) is 30.0 Å². The van der Waals surface area contributed by atoms with Crippen LogP contribution in [0.1, 0.15) is 15.2 Å². The van der Waals surface area contributed by atoms with Gasteiger partial charge in [0, 0.05) is 27.6 Å². The highest BCUT2D eigenvalue weighted by Gasteiger charge is 2.41. The number of carbonyl (C=O) groups excluding carboxylic acids is 2. The van der Waals surface area contributed by atoms with E-state index in [0.29, 0.717) is 21.7 Å². The maximum atomic E-state index is 13.6. The van der Waals surface area contributed by atoms with Gasteiger partial charge in [-0.25, -0.2) is 13.6 Å². The number of anilines is 1. The van der Waals surface area contributed by atoms with Crippen LogP contribution in [0.4, 0.5) is 14.5 Å². The van der Waals surface area contributed by atoms with Crippen molar-refractivity contribution in [1.29, 1.82) is 0 Å². The number of hydrogen-bond acceptors (Lipinski definition) is 7. The van der Waals surface area contributed by atoms with Crippen LogP contribution in [0.5, 0.6) is 0 Å². The van der Waals surface area contributed by atoms with Gasteiger partial charge in [0.2, 0.25) is 5.91 Å². The molecule has 2 atom stereocenters. The van der Waals surface area contributed by atoms with Crippen molar-refractivity contribution in [2.45, 2.75) is 6.04 Å². The summed E-state index contributed by atoms with van der Waals surface area (Å²) in [6, 6.07) is 9.59. The number of thiocarbonyl (C=S) groups is 1. The van der Waals surface area contributed by atoms with Crippen LogP contribution in [0.2, 0.25) is 0 Å². The molecule has 1 saturated heterocycles. The van der Waals surface area contributed by atoms with E-state index in [1.807, 2.05) is 0 Å². The molecule has 0 radical (unpaired) electrons. The minimum atomic E-state index is -1.46. The lowest BCUT2D eigenvalue weighted by Gasteiger charge is -2.25. The van der Waals surface area contributed by atoms with Crippen LogP contribution >= 0.6 is 35.3 Å². The highest BCUT2D eigenvalue weighted by Crippen LogP contribution is 2.36. The Bertz CT molecular complexity index is 1500. The number of carbonyl (C=O) groups is 3. The Kier molecular flexibility index (Phi) is 8.51. The Morgan fingerprint density at radius 2 is 1.84 bits per heavy atom. The van der Waals surface area contributed by atoms with Gasteiger partial charge in [0.05, 0.1) is 16.2 Å². The van der Waals surface area contributed by atoms with E-state index < -0.39 is 46.3 Å². The molecule has 2 amide bonds. The molecule has 2 N–H and O–H groups in total. The fourth-order valence-corrected chi connectivity index (χ4v) is 6.56. The summed E-state index contributed by atoms with van der Waals surface area (Å²) in [7, 11) is -1.46. The third-order valence-electron chi connectivity index (χ3n) is 5.38. The third kappa shape index (κ3) is 6.23. The normalized spacial score (nSPS) is 16.1. The second-order valence-electron chi connectivity index (χ2n) is 8.05. The van der Waals surface area contributed by atoms with Crippen molar-refractivity contribution >= 4 is 80.0 Å². The number of nitrogens with one attached hydrogen (secondary N) is 1. The molecule has 4 rings (SSSR count). The predicted molar refractivity (Wildman–Crippen MR) is 149 cm³/mol. The Hall–Kier alpha value is -3.26. The van der Waals surface area contributed by atoms with Crippen LogP contribution < -0.4 is 5.32 Å². The van der Waals surface area contributed by atoms with Gasteiger partial charge in [-0.2, -0.15) is 0 Å². The topological polar surface area (TPSA) is 104 Å². The van der Waals surface area contributed by atoms with Crippen LogP contribution in [-0.2, 0) is 20.4 Å². The van der Waals surface area contributed by atoms with E-state index in [1.165, 1.54) is 47.9 Å².